The third kappa shape index (κ3) is 9.09. The van der Waals surface area contributed by atoms with Crippen molar-refractivity contribution in [1.29, 1.82) is 0 Å². The number of hydrogen-bond acceptors (Lipinski definition) is 5. The Kier molecular flexibility index (Phi) is 10.8. The average molecular weight is 574 g/mol. The molecule has 3 amide bonds. The Labute approximate surface area is 249 Å². The van der Waals surface area contributed by atoms with Crippen molar-refractivity contribution < 1.29 is 24.2 Å². The van der Waals surface area contributed by atoms with Gasteiger partial charge in [-0.2, -0.15) is 0 Å². The van der Waals surface area contributed by atoms with Gasteiger partial charge in [0.2, 0.25) is 11.8 Å². The number of ether oxygens (including phenoxy) is 1. The Morgan fingerprint density at radius 2 is 1.55 bits per heavy atom. The molecule has 0 bridgehead atoms. The van der Waals surface area contributed by atoms with Gasteiger partial charge in [0.25, 0.3) is 0 Å². The molecule has 0 fully saturated rings. The lowest BCUT2D eigenvalue weighted by Crippen LogP contribution is -2.55. The Hall–Kier alpha value is -4.33. The number of phenolic OH excluding ortho intramolecular Hbond substituents is 1. The zero-order valence-electron chi connectivity index (χ0n) is 25.6. The second-order valence-electron chi connectivity index (χ2n) is 11.9. The van der Waals surface area contributed by atoms with Crippen molar-refractivity contribution in [2.24, 2.45) is 0 Å². The van der Waals surface area contributed by atoms with Gasteiger partial charge in [-0.15, -0.1) is 0 Å². The Morgan fingerprint density at radius 1 is 0.905 bits per heavy atom. The highest BCUT2D eigenvalue weighted by molar-refractivity contribution is 5.92. The molecule has 2 unspecified atom stereocenters. The number of amides is 3. The van der Waals surface area contributed by atoms with E-state index in [2.05, 4.69) is 10.6 Å². The van der Waals surface area contributed by atoms with Crippen LogP contribution in [0.1, 0.15) is 68.5 Å². The van der Waals surface area contributed by atoms with E-state index in [0.29, 0.717) is 12.1 Å². The number of carbonyl (C=O) groups is 3. The molecular weight excluding hydrogens is 530 g/mol. The van der Waals surface area contributed by atoms with Gasteiger partial charge >= 0.3 is 6.09 Å². The summed E-state index contributed by atoms with van der Waals surface area (Å²) in [5, 5.41) is 15.5. The van der Waals surface area contributed by atoms with Crippen LogP contribution in [0.5, 0.6) is 5.75 Å². The molecule has 0 radical (unpaired) electrons. The monoisotopic (exact) mass is 573 g/mol. The summed E-state index contributed by atoms with van der Waals surface area (Å²) in [6, 6.07) is 19.5. The van der Waals surface area contributed by atoms with E-state index >= 15 is 0 Å². The largest absolute Gasteiger partial charge is 0.508 e. The molecule has 8 nitrogen and oxygen atoms in total. The molecule has 0 spiro atoms. The molecule has 224 valence electrons. The molecule has 42 heavy (non-hydrogen) atoms. The van der Waals surface area contributed by atoms with E-state index < -0.39 is 35.7 Å². The van der Waals surface area contributed by atoms with Crippen LogP contribution in [0.2, 0.25) is 0 Å². The number of phenols is 1. The van der Waals surface area contributed by atoms with E-state index in [1.807, 2.05) is 76.2 Å². The van der Waals surface area contributed by atoms with E-state index in [1.165, 1.54) is 12.1 Å². The summed E-state index contributed by atoms with van der Waals surface area (Å²) >= 11 is 0. The van der Waals surface area contributed by atoms with Gasteiger partial charge in [0.05, 0.1) is 0 Å². The third-order valence-corrected chi connectivity index (χ3v) is 6.74. The maximum atomic E-state index is 14.5. The normalized spacial score (nSPS) is 12.8. The fraction of sp³-hybridized carbons (Fsp3) is 0.382. The van der Waals surface area contributed by atoms with E-state index in [0.717, 1.165) is 22.3 Å². The van der Waals surface area contributed by atoms with Crippen LogP contribution in [-0.2, 0) is 27.3 Å². The van der Waals surface area contributed by atoms with Crippen LogP contribution in [0.15, 0.2) is 72.8 Å². The van der Waals surface area contributed by atoms with Crippen LogP contribution in [0.25, 0.3) is 0 Å². The Balaban J connectivity index is 2.04. The van der Waals surface area contributed by atoms with Crippen molar-refractivity contribution in [2.75, 3.05) is 0 Å². The molecule has 0 aliphatic carbocycles. The quantitative estimate of drug-likeness (QED) is 0.287. The Morgan fingerprint density at radius 3 is 2.14 bits per heavy atom. The van der Waals surface area contributed by atoms with Crippen molar-refractivity contribution in [3.63, 3.8) is 0 Å². The third-order valence-electron chi connectivity index (χ3n) is 6.74. The first-order chi connectivity index (χ1) is 19.7. The minimum Gasteiger partial charge on any atom is -0.508 e. The van der Waals surface area contributed by atoms with E-state index in [-0.39, 0.29) is 18.1 Å². The number of aromatic hydroxyl groups is 1. The topological polar surface area (TPSA) is 108 Å². The van der Waals surface area contributed by atoms with E-state index in [9.17, 15) is 19.5 Å². The van der Waals surface area contributed by atoms with Crippen molar-refractivity contribution in [2.45, 2.75) is 85.2 Å². The first-order valence-corrected chi connectivity index (χ1v) is 14.2. The molecule has 0 aliphatic heterocycles. The van der Waals surface area contributed by atoms with Gasteiger partial charge in [0.1, 0.15) is 23.4 Å². The summed E-state index contributed by atoms with van der Waals surface area (Å²) in [5.74, 6) is -0.657. The van der Waals surface area contributed by atoms with Gasteiger partial charge in [-0.25, -0.2) is 4.79 Å². The maximum absolute atomic E-state index is 14.5. The summed E-state index contributed by atoms with van der Waals surface area (Å²) in [5.41, 5.74) is 3.43. The van der Waals surface area contributed by atoms with Gasteiger partial charge in [-0.05, 0) is 82.9 Å². The average Bonchev–Trinajstić information content (AvgIpc) is 2.91. The number of aryl methyl sites for hydroxylation is 2. The van der Waals surface area contributed by atoms with Crippen LogP contribution in [0, 0.1) is 13.8 Å². The van der Waals surface area contributed by atoms with Crippen LogP contribution in [0.3, 0.4) is 0 Å². The molecule has 2 atom stereocenters. The zero-order valence-corrected chi connectivity index (χ0v) is 25.6. The summed E-state index contributed by atoms with van der Waals surface area (Å²) in [6.07, 6.45) is -0.604. The number of carbonyl (C=O) groups excluding carboxylic acids is 3. The highest BCUT2D eigenvalue weighted by Gasteiger charge is 2.38. The fourth-order valence-corrected chi connectivity index (χ4v) is 4.73. The molecule has 3 rings (SSSR count). The van der Waals surface area contributed by atoms with Gasteiger partial charge in [-0.3, -0.25) is 9.59 Å². The summed E-state index contributed by atoms with van der Waals surface area (Å²) in [6.45, 7) is 13.1. The van der Waals surface area contributed by atoms with Gasteiger partial charge in [0, 0.05) is 19.0 Å². The molecule has 3 N–H and O–H groups in total. The number of alkyl carbamates (subject to hydrolysis) is 1. The highest BCUT2D eigenvalue weighted by atomic mass is 16.6. The number of nitrogens with zero attached hydrogens (tertiary/aromatic N) is 1. The minimum atomic E-state index is -1.04. The summed E-state index contributed by atoms with van der Waals surface area (Å²) < 4.78 is 5.49. The summed E-state index contributed by atoms with van der Waals surface area (Å²) in [7, 11) is 0. The maximum Gasteiger partial charge on any atom is 0.408 e. The number of benzene rings is 3. The van der Waals surface area contributed by atoms with Crippen LogP contribution in [-0.4, -0.2) is 45.6 Å². The first kappa shape index (κ1) is 32.2. The van der Waals surface area contributed by atoms with Crippen molar-refractivity contribution in [1.82, 2.24) is 15.5 Å². The lowest BCUT2D eigenvalue weighted by molar-refractivity contribution is -0.144. The van der Waals surface area contributed by atoms with Crippen LogP contribution >= 0.6 is 0 Å². The molecule has 3 aromatic rings. The van der Waals surface area contributed by atoms with Crippen LogP contribution < -0.4 is 10.6 Å². The zero-order chi connectivity index (χ0) is 31.0. The number of rotatable bonds is 10. The highest BCUT2D eigenvalue weighted by Crippen LogP contribution is 2.29. The van der Waals surface area contributed by atoms with E-state index in [4.69, 9.17) is 4.74 Å². The number of nitrogens with one attached hydrogen (secondary N) is 2. The van der Waals surface area contributed by atoms with E-state index in [1.54, 1.807) is 37.8 Å². The standard InChI is InChI=1S/C34H43N3O5/c1-22(2)37(32(40)29(36-33(41)42-34(5,6)7)20-25-15-17-27(38)18-16-25)30(28-19-23(3)13-14-24(28)4)31(39)35-21-26-11-9-8-10-12-26/h8-19,22,29-30,38H,20-21H2,1-7H3,(H,35,39)(H,36,41). The SMILES string of the molecule is Cc1ccc(C)c(C(C(=O)NCc2ccccc2)N(C(=O)C(Cc2ccc(O)cc2)NC(=O)OC(C)(C)C)C(C)C)c1. The smallest absolute Gasteiger partial charge is 0.408 e. The van der Waals surface area contributed by atoms with Gasteiger partial charge in [-0.1, -0.05) is 66.2 Å². The molecule has 0 saturated heterocycles. The van der Waals surface area contributed by atoms with Gasteiger partial charge in [0.15, 0.2) is 0 Å². The van der Waals surface area contributed by atoms with Crippen LogP contribution in [0.4, 0.5) is 4.79 Å². The second-order valence-corrected chi connectivity index (χ2v) is 11.9. The molecule has 0 aliphatic rings. The van der Waals surface area contributed by atoms with Crippen molar-refractivity contribution >= 4 is 17.9 Å². The first-order valence-electron chi connectivity index (χ1n) is 14.2. The Bertz CT molecular complexity index is 1360. The van der Waals surface area contributed by atoms with Crippen molar-refractivity contribution in [3.05, 3.63) is 101 Å². The second kappa shape index (κ2) is 14.0. The van der Waals surface area contributed by atoms with Gasteiger partial charge < -0.3 is 25.4 Å². The van der Waals surface area contributed by atoms with Crippen molar-refractivity contribution in [3.8, 4) is 5.75 Å². The predicted octanol–water partition coefficient (Wildman–Crippen LogP) is 5.74. The lowest BCUT2D eigenvalue weighted by Gasteiger charge is -2.38. The molecule has 8 heteroatoms. The molecule has 0 aromatic heterocycles. The molecule has 0 saturated carbocycles. The number of hydrogen-bond donors (Lipinski definition) is 3. The molecule has 0 heterocycles. The molecule has 3 aromatic carbocycles. The summed E-state index contributed by atoms with van der Waals surface area (Å²) in [4.78, 5) is 43.0. The predicted molar refractivity (Wildman–Crippen MR) is 164 cm³/mol. The fourth-order valence-electron chi connectivity index (χ4n) is 4.73. The molecular formula is C34H43N3O5. The lowest BCUT2D eigenvalue weighted by atomic mass is 9.94. The minimum absolute atomic E-state index is 0.0932.